The lowest BCUT2D eigenvalue weighted by Gasteiger charge is -2.21. The van der Waals surface area contributed by atoms with Gasteiger partial charge in [-0.05, 0) is 29.7 Å². The number of aromatic amines is 1. The number of halogens is 1. The van der Waals surface area contributed by atoms with Gasteiger partial charge >= 0.3 is 0 Å². The first-order valence-corrected chi connectivity index (χ1v) is 10.9. The molecule has 0 bridgehead atoms. The predicted octanol–water partition coefficient (Wildman–Crippen LogP) is 4.05. The van der Waals surface area contributed by atoms with Gasteiger partial charge in [-0.1, -0.05) is 35.9 Å². The van der Waals surface area contributed by atoms with Crippen molar-refractivity contribution < 1.29 is 9.90 Å². The minimum absolute atomic E-state index is 0.0658. The van der Waals surface area contributed by atoms with Crippen molar-refractivity contribution in [3.05, 3.63) is 57.6 Å². The molecular weight excluding hydrogens is 388 g/mol. The summed E-state index contributed by atoms with van der Waals surface area (Å²) in [6.45, 7) is 0.178. The maximum atomic E-state index is 12.8. The second-order valence-electron chi connectivity index (χ2n) is 6.41. The largest absolute Gasteiger partial charge is 0.396 e. The number of hydrogen-bond acceptors (Lipinski definition) is 4. The standard InChI is InChI=1S/C19H19ClN2O2S2/c20-17-9-12-8-16(22-19(12)26-17)18(24)21-15-7-11-3-1-2-4-13(11)14(15)10-25-6-5-23/h1-4,8-9,14-15,22-23H,5-7,10H2,(H,21,24)/t14-,15-/m1/s1. The number of H-pyrrole nitrogens is 1. The first kappa shape index (κ1) is 17.9. The monoisotopic (exact) mass is 406 g/mol. The molecule has 1 amide bonds. The summed E-state index contributed by atoms with van der Waals surface area (Å²) in [5, 5.41) is 13.2. The molecule has 1 aliphatic rings. The highest BCUT2D eigenvalue weighted by molar-refractivity contribution is 7.99. The summed E-state index contributed by atoms with van der Waals surface area (Å²) >= 11 is 9.17. The molecule has 4 nitrogen and oxygen atoms in total. The van der Waals surface area contributed by atoms with Gasteiger partial charge in [-0.15, -0.1) is 11.3 Å². The topological polar surface area (TPSA) is 65.1 Å². The molecule has 1 aromatic carbocycles. The number of carbonyl (C=O) groups is 1. The van der Waals surface area contributed by atoms with Crippen LogP contribution in [0, 0.1) is 0 Å². The second-order valence-corrected chi connectivity index (χ2v) is 9.24. The van der Waals surface area contributed by atoms with Crippen molar-refractivity contribution in [2.45, 2.75) is 18.4 Å². The molecule has 2 heterocycles. The molecular formula is C19H19ClN2O2S2. The van der Waals surface area contributed by atoms with E-state index >= 15 is 0 Å². The van der Waals surface area contributed by atoms with Crippen LogP contribution in [0.3, 0.4) is 0 Å². The van der Waals surface area contributed by atoms with E-state index in [0.717, 1.165) is 22.4 Å². The van der Waals surface area contributed by atoms with E-state index in [1.807, 2.05) is 18.2 Å². The number of aliphatic hydroxyl groups is 1. The predicted molar refractivity (Wildman–Crippen MR) is 110 cm³/mol. The fraction of sp³-hybridized carbons (Fsp3) is 0.316. The number of nitrogens with one attached hydrogen (secondary N) is 2. The van der Waals surface area contributed by atoms with Gasteiger partial charge in [0, 0.05) is 28.9 Å². The van der Waals surface area contributed by atoms with E-state index < -0.39 is 0 Å². The average molecular weight is 407 g/mol. The lowest BCUT2D eigenvalue weighted by atomic mass is 10.0. The minimum atomic E-state index is -0.0838. The summed E-state index contributed by atoms with van der Waals surface area (Å²) in [7, 11) is 0. The summed E-state index contributed by atoms with van der Waals surface area (Å²) in [6.07, 6.45) is 0.840. The number of rotatable bonds is 6. The van der Waals surface area contributed by atoms with E-state index in [9.17, 15) is 4.79 Å². The molecule has 136 valence electrons. The van der Waals surface area contributed by atoms with E-state index in [1.165, 1.54) is 22.5 Å². The third-order valence-electron chi connectivity index (χ3n) is 4.75. The second kappa shape index (κ2) is 7.64. The average Bonchev–Trinajstić information content (AvgIpc) is 3.26. The van der Waals surface area contributed by atoms with Crippen LogP contribution in [0.1, 0.15) is 27.5 Å². The highest BCUT2D eigenvalue weighted by atomic mass is 35.5. The smallest absolute Gasteiger partial charge is 0.268 e. The molecule has 2 atom stereocenters. The van der Waals surface area contributed by atoms with Crippen LogP contribution in [0.25, 0.3) is 10.2 Å². The molecule has 0 saturated carbocycles. The quantitative estimate of drug-likeness (QED) is 0.541. The summed E-state index contributed by atoms with van der Waals surface area (Å²) in [5.74, 6) is 1.78. The van der Waals surface area contributed by atoms with Gasteiger partial charge in [0.15, 0.2) is 0 Å². The van der Waals surface area contributed by atoms with Crippen LogP contribution < -0.4 is 5.32 Å². The molecule has 0 aliphatic heterocycles. The molecule has 2 aromatic heterocycles. The van der Waals surface area contributed by atoms with Gasteiger partial charge in [0.05, 0.1) is 10.9 Å². The first-order chi connectivity index (χ1) is 12.7. The number of hydrogen-bond donors (Lipinski definition) is 3. The van der Waals surface area contributed by atoms with E-state index in [0.29, 0.717) is 15.8 Å². The molecule has 26 heavy (non-hydrogen) atoms. The van der Waals surface area contributed by atoms with E-state index in [2.05, 4.69) is 28.5 Å². The van der Waals surface area contributed by atoms with Gasteiger partial charge in [0.25, 0.3) is 5.91 Å². The zero-order chi connectivity index (χ0) is 18.1. The Bertz CT molecular complexity index is 905. The van der Waals surface area contributed by atoms with Gasteiger partial charge in [0.2, 0.25) is 0 Å². The molecule has 4 rings (SSSR count). The number of fused-ring (bicyclic) bond motifs is 2. The van der Waals surface area contributed by atoms with Gasteiger partial charge < -0.3 is 15.4 Å². The SMILES string of the molecule is O=C(N[C@@H]1Cc2ccccc2[C@H]1CSCCO)c1cc2cc(Cl)sc2[nH]1. The maximum absolute atomic E-state index is 12.8. The summed E-state index contributed by atoms with van der Waals surface area (Å²) < 4.78 is 0.713. The Balaban J connectivity index is 1.51. The number of benzene rings is 1. The molecule has 0 fully saturated rings. The third kappa shape index (κ3) is 3.51. The molecule has 3 N–H and O–H groups in total. The first-order valence-electron chi connectivity index (χ1n) is 8.51. The van der Waals surface area contributed by atoms with E-state index in [4.69, 9.17) is 16.7 Å². The number of aliphatic hydroxyl groups excluding tert-OH is 1. The Morgan fingerprint density at radius 1 is 1.38 bits per heavy atom. The third-order valence-corrected chi connectivity index (χ3v) is 7.01. The number of thioether (sulfide) groups is 1. The summed E-state index contributed by atoms with van der Waals surface area (Å²) in [6, 6.07) is 12.2. The molecule has 7 heteroatoms. The molecule has 0 saturated heterocycles. The zero-order valence-electron chi connectivity index (χ0n) is 14.0. The van der Waals surface area contributed by atoms with Crippen molar-refractivity contribution in [1.82, 2.24) is 10.3 Å². The number of aromatic nitrogens is 1. The van der Waals surface area contributed by atoms with E-state index in [-0.39, 0.29) is 24.5 Å². The summed E-state index contributed by atoms with van der Waals surface area (Å²) in [5.41, 5.74) is 3.18. The highest BCUT2D eigenvalue weighted by Crippen LogP contribution is 2.36. The Morgan fingerprint density at radius 2 is 2.23 bits per heavy atom. The van der Waals surface area contributed by atoms with Crippen molar-refractivity contribution in [2.24, 2.45) is 0 Å². The fourth-order valence-corrected chi connectivity index (χ4v) is 5.66. The fourth-order valence-electron chi connectivity index (χ4n) is 3.57. The lowest BCUT2D eigenvalue weighted by molar-refractivity contribution is 0.0930. The van der Waals surface area contributed by atoms with Crippen LogP contribution in [-0.4, -0.2) is 40.2 Å². The van der Waals surface area contributed by atoms with Crippen molar-refractivity contribution >= 4 is 50.8 Å². The molecule has 3 aromatic rings. The number of carbonyl (C=O) groups excluding carboxylic acids is 1. The van der Waals surface area contributed by atoms with Crippen LogP contribution in [0.2, 0.25) is 4.34 Å². The molecule has 0 spiro atoms. The molecule has 0 unspecified atom stereocenters. The van der Waals surface area contributed by atoms with Crippen molar-refractivity contribution in [2.75, 3.05) is 18.1 Å². The van der Waals surface area contributed by atoms with Gasteiger partial charge in [-0.2, -0.15) is 11.8 Å². The van der Waals surface area contributed by atoms with Gasteiger partial charge in [-0.3, -0.25) is 4.79 Å². The van der Waals surface area contributed by atoms with Crippen molar-refractivity contribution in [1.29, 1.82) is 0 Å². The lowest BCUT2D eigenvalue weighted by Crippen LogP contribution is -2.38. The molecule has 1 aliphatic carbocycles. The van der Waals surface area contributed by atoms with Crippen LogP contribution in [0.15, 0.2) is 36.4 Å². The number of amides is 1. The Morgan fingerprint density at radius 3 is 3.04 bits per heavy atom. The van der Waals surface area contributed by atoms with E-state index in [1.54, 1.807) is 11.8 Å². The highest BCUT2D eigenvalue weighted by Gasteiger charge is 2.33. The van der Waals surface area contributed by atoms with Crippen LogP contribution in [0.4, 0.5) is 0 Å². The van der Waals surface area contributed by atoms with Crippen molar-refractivity contribution in [3.63, 3.8) is 0 Å². The van der Waals surface area contributed by atoms with Gasteiger partial charge in [-0.25, -0.2) is 0 Å². The zero-order valence-corrected chi connectivity index (χ0v) is 16.4. The van der Waals surface area contributed by atoms with Crippen molar-refractivity contribution in [3.8, 4) is 0 Å². The van der Waals surface area contributed by atoms with Crippen LogP contribution >= 0.6 is 34.7 Å². The minimum Gasteiger partial charge on any atom is -0.396 e. The Labute approximate surface area is 165 Å². The van der Waals surface area contributed by atoms with Crippen LogP contribution in [0.5, 0.6) is 0 Å². The van der Waals surface area contributed by atoms with Gasteiger partial charge in [0.1, 0.15) is 10.5 Å². The Hall–Kier alpha value is -1.47. The maximum Gasteiger partial charge on any atom is 0.268 e. The Kier molecular flexibility index (Phi) is 5.27. The number of thiophene rings is 1. The van der Waals surface area contributed by atoms with Crippen LogP contribution in [-0.2, 0) is 6.42 Å². The normalized spacial score (nSPS) is 19.0. The molecule has 0 radical (unpaired) electrons. The summed E-state index contributed by atoms with van der Waals surface area (Å²) in [4.78, 5) is 16.8.